The molecule has 0 spiro atoms. The molecular formula is C15H17BrF3NO3. The van der Waals surface area contributed by atoms with Gasteiger partial charge < -0.3 is 10.4 Å². The smallest absolute Gasteiger partial charge is 0.394 e. The normalized spacial score (nSPS) is 13.5. The predicted octanol–water partition coefficient (Wildman–Crippen LogP) is 4.06. The van der Waals surface area contributed by atoms with Gasteiger partial charge in [0.2, 0.25) is 5.91 Å². The Morgan fingerprint density at radius 3 is 2.17 bits per heavy atom. The number of carbonyl (C=O) groups is 2. The van der Waals surface area contributed by atoms with Crippen LogP contribution in [0.3, 0.4) is 0 Å². The topological polar surface area (TPSA) is 66.4 Å². The van der Waals surface area contributed by atoms with Crippen molar-refractivity contribution in [2.45, 2.75) is 38.9 Å². The van der Waals surface area contributed by atoms with Gasteiger partial charge in [0, 0.05) is 10.9 Å². The van der Waals surface area contributed by atoms with Gasteiger partial charge in [0.25, 0.3) is 0 Å². The molecule has 1 amide bonds. The Morgan fingerprint density at radius 1 is 1.22 bits per heavy atom. The Morgan fingerprint density at radius 2 is 1.74 bits per heavy atom. The molecule has 0 radical (unpaired) electrons. The Labute approximate surface area is 140 Å². The Balaban J connectivity index is 2.87. The van der Waals surface area contributed by atoms with Crippen LogP contribution in [-0.4, -0.2) is 23.2 Å². The highest BCUT2D eigenvalue weighted by atomic mass is 79.9. The number of benzene rings is 1. The fourth-order valence-corrected chi connectivity index (χ4v) is 2.13. The van der Waals surface area contributed by atoms with Crippen LogP contribution in [0.1, 0.15) is 38.3 Å². The van der Waals surface area contributed by atoms with Gasteiger partial charge in [0.05, 0.1) is 17.9 Å². The fourth-order valence-electron chi connectivity index (χ4n) is 1.87. The number of carbonyl (C=O) groups excluding carboxylic acids is 1. The van der Waals surface area contributed by atoms with Crippen LogP contribution in [0.4, 0.5) is 13.2 Å². The summed E-state index contributed by atoms with van der Waals surface area (Å²) in [6.45, 7) is 1.86. The molecule has 0 aliphatic heterocycles. The van der Waals surface area contributed by atoms with Crippen molar-refractivity contribution in [3.63, 3.8) is 0 Å². The average Bonchev–Trinajstić information content (AvgIpc) is 2.36. The molecule has 1 atom stereocenters. The molecule has 8 heteroatoms. The second kappa shape index (κ2) is 7.33. The van der Waals surface area contributed by atoms with Gasteiger partial charge in [-0.1, -0.05) is 41.9 Å². The summed E-state index contributed by atoms with van der Waals surface area (Å²) in [6.07, 6.45) is -5.72. The van der Waals surface area contributed by atoms with Crippen molar-refractivity contribution in [3.8, 4) is 0 Å². The second-order valence-electron chi connectivity index (χ2n) is 5.83. The second-order valence-corrected chi connectivity index (χ2v) is 6.74. The Kier molecular flexibility index (Phi) is 6.21. The SMILES string of the molecule is CC(C)(CC(=O)NC(CC(=O)O)c1ccc(Br)cc1)C(F)(F)F. The van der Waals surface area contributed by atoms with E-state index in [4.69, 9.17) is 5.11 Å². The van der Waals surface area contributed by atoms with E-state index in [1.165, 1.54) is 0 Å². The van der Waals surface area contributed by atoms with Gasteiger partial charge in [-0.2, -0.15) is 13.2 Å². The van der Waals surface area contributed by atoms with Crippen LogP contribution < -0.4 is 5.32 Å². The molecule has 0 aliphatic rings. The van der Waals surface area contributed by atoms with Gasteiger partial charge in [0.1, 0.15) is 0 Å². The standard InChI is InChI=1S/C15H17BrF3NO3/c1-14(2,15(17,18)19)8-12(21)20-11(7-13(22)23)9-3-5-10(16)6-4-9/h3-6,11H,7-8H2,1-2H3,(H,20,21)(H,22,23). The zero-order valence-electron chi connectivity index (χ0n) is 12.6. The molecule has 1 rings (SSSR count). The Bertz CT molecular complexity index is 570. The molecule has 1 unspecified atom stereocenters. The fraction of sp³-hybridized carbons (Fsp3) is 0.467. The molecule has 0 heterocycles. The van der Waals surface area contributed by atoms with Gasteiger partial charge in [-0.05, 0) is 17.7 Å². The molecule has 1 aromatic rings. The molecule has 0 saturated carbocycles. The minimum atomic E-state index is -4.52. The third-order valence-electron chi connectivity index (χ3n) is 3.36. The van der Waals surface area contributed by atoms with Crippen LogP contribution in [0.5, 0.6) is 0 Å². The summed E-state index contributed by atoms with van der Waals surface area (Å²) in [5, 5.41) is 11.3. The number of amides is 1. The van der Waals surface area contributed by atoms with E-state index in [1.54, 1.807) is 24.3 Å². The lowest BCUT2D eigenvalue weighted by Crippen LogP contribution is -2.39. The summed E-state index contributed by atoms with van der Waals surface area (Å²) in [7, 11) is 0. The van der Waals surface area contributed by atoms with Gasteiger partial charge >= 0.3 is 12.1 Å². The van der Waals surface area contributed by atoms with E-state index in [1.807, 2.05) is 0 Å². The van der Waals surface area contributed by atoms with E-state index >= 15 is 0 Å². The van der Waals surface area contributed by atoms with E-state index < -0.39 is 42.4 Å². The number of halogens is 4. The third-order valence-corrected chi connectivity index (χ3v) is 3.88. The van der Waals surface area contributed by atoms with Crippen molar-refractivity contribution in [2.24, 2.45) is 5.41 Å². The van der Waals surface area contributed by atoms with E-state index in [0.717, 1.165) is 18.3 Å². The summed E-state index contributed by atoms with van der Waals surface area (Å²) < 4.78 is 39.3. The summed E-state index contributed by atoms with van der Waals surface area (Å²) in [4.78, 5) is 22.9. The lowest BCUT2D eigenvalue weighted by atomic mass is 9.88. The molecule has 0 aliphatic carbocycles. The van der Waals surface area contributed by atoms with Crippen molar-refractivity contribution in [1.82, 2.24) is 5.32 Å². The molecule has 0 bridgehead atoms. The summed E-state index contributed by atoms with van der Waals surface area (Å²) >= 11 is 3.23. The van der Waals surface area contributed by atoms with Crippen LogP contribution in [0.2, 0.25) is 0 Å². The molecule has 0 aromatic heterocycles. The van der Waals surface area contributed by atoms with Crippen LogP contribution in [0.25, 0.3) is 0 Å². The van der Waals surface area contributed by atoms with Gasteiger partial charge in [-0.25, -0.2) is 0 Å². The monoisotopic (exact) mass is 395 g/mol. The maximum absolute atomic E-state index is 12.8. The van der Waals surface area contributed by atoms with Gasteiger partial charge in [-0.15, -0.1) is 0 Å². The molecule has 128 valence electrons. The number of aliphatic carboxylic acids is 1. The maximum Gasteiger partial charge on any atom is 0.394 e. The number of hydrogen-bond donors (Lipinski definition) is 2. The molecular weight excluding hydrogens is 379 g/mol. The third kappa shape index (κ3) is 5.85. The van der Waals surface area contributed by atoms with Crippen LogP contribution in [0.15, 0.2) is 28.7 Å². The first-order valence-corrected chi connectivity index (χ1v) is 7.55. The van der Waals surface area contributed by atoms with Crippen LogP contribution in [-0.2, 0) is 9.59 Å². The first kappa shape index (κ1) is 19.5. The first-order chi connectivity index (χ1) is 10.4. The van der Waals surface area contributed by atoms with E-state index in [-0.39, 0.29) is 0 Å². The summed E-state index contributed by atoms with van der Waals surface area (Å²) in [6, 6.07) is 5.64. The predicted molar refractivity (Wildman–Crippen MR) is 81.7 cm³/mol. The number of alkyl halides is 3. The largest absolute Gasteiger partial charge is 0.481 e. The van der Waals surface area contributed by atoms with Gasteiger partial charge in [-0.3, -0.25) is 9.59 Å². The van der Waals surface area contributed by atoms with E-state index in [9.17, 15) is 22.8 Å². The average molecular weight is 396 g/mol. The minimum absolute atomic E-state index is 0.417. The van der Waals surface area contributed by atoms with Crippen molar-refractivity contribution >= 4 is 27.8 Å². The number of carboxylic acid groups (broad SMARTS) is 1. The van der Waals surface area contributed by atoms with Crippen LogP contribution in [0, 0.1) is 5.41 Å². The molecule has 1 aromatic carbocycles. The number of carboxylic acids is 1. The summed E-state index contributed by atoms with van der Waals surface area (Å²) in [5.74, 6) is -2.00. The zero-order valence-corrected chi connectivity index (χ0v) is 14.2. The molecule has 2 N–H and O–H groups in total. The number of nitrogens with one attached hydrogen (secondary N) is 1. The van der Waals surface area contributed by atoms with Crippen molar-refractivity contribution in [3.05, 3.63) is 34.3 Å². The number of hydrogen-bond acceptors (Lipinski definition) is 2. The lowest BCUT2D eigenvalue weighted by Gasteiger charge is -2.28. The van der Waals surface area contributed by atoms with E-state index in [2.05, 4.69) is 21.2 Å². The highest BCUT2D eigenvalue weighted by Gasteiger charge is 2.48. The Hall–Kier alpha value is -1.57. The number of rotatable bonds is 6. The summed E-state index contributed by atoms with van der Waals surface area (Å²) in [5.41, 5.74) is -1.68. The highest BCUT2D eigenvalue weighted by Crippen LogP contribution is 2.40. The minimum Gasteiger partial charge on any atom is -0.481 e. The van der Waals surface area contributed by atoms with E-state index in [0.29, 0.717) is 5.56 Å². The molecule has 0 fully saturated rings. The molecule has 4 nitrogen and oxygen atoms in total. The van der Waals surface area contributed by atoms with Crippen LogP contribution >= 0.6 is 15.9 Å². The van der Waals surface area contributed by atoms with Crippen molar-refractivity contribution < 1.29 is 27.9 Å². The highest BCUT2D eigenvalue weighted by molar-refractivity contribution is 9.10. The zero-order chi connectivity index (χ0) is 17.8. The maximum atomic E-state index is 12.8. The lowest BCUT2D eigenvalue weighted by molar-refractivity contribution is -0.213. The van der Waals surface area contributed by atoms with Crippen molar-refractivity contribution in [1.29, 1.82) is 0 Å². The first-order valence-electron chi connectivity index (χ1n) is 6.76. The molecule has 0 saturated heterocycles. The molecule has 23 heavy (non-hydrogen) atoms. The quantitative estimate of drug-likeness (QED) is 0.762. The van der Waals surface area contributed by atoms with Gasteiger partial charge in [0.15, 0.2) is 0 Å². The van der Waals surface area contributed by atoms with Crippen molar-refractivity contribution in [2.75, 3.05) is 0 Å².